The summed E-state index contributed by atoms with van der Waals surface area (Å²) in [6.07, 6.45) is 4.32. The predicted molar refractivity (Wildman–Crippen MR) is 88.7 cm³/mol. The Bertz CT molecular complexity index is 419. The largest absolute Gasteiger partial charge is 0.396 e. The van der Waals surface area contributed by atoms with Crippen LogP contribution in [0.5, 0.6) is 0 Å². The van der Waals surface area contributed by atoms with Crippen LogP contribution in [0.15, 0.2) is 24.3 Å². The first-order valence-electron chi connectivity index (χ1n) is 8.01. The molecular weight excluding hydrogens is 284 g/mol. The van der Waals surface area contributed by atoms with E-state index in [-0.39, 0.29) is 0 Å². The van der Waals surface area contributed by atoms with Crippen molar-refractivity contribution in [2.24, 2.45) is 0 Å². The van der Waals surface area contributed by atoms with Crippen LogP contribution in [-0.4, -0.2) is 41.8 Å². The first-order chi connectivity index (χ1) is 10.2. The minimum atomic E-state index is 0.294. The summed E-state index contributed by atoms with van der Waals surface area (Å²) in [5.74, 6) is 0. The highest BCUT2D eigenvalue weighted by Gasteiger charge is 2.20. The Morgan fingerprint density at radius 1 is 1.33 bits per heavy atom. The van der Waals surface area contributed by atoms with Gasteiger partial charge in [0.2, 0.25) is 0 Å². The van der Waals surface area contributed by atoms with E-state index >= 15 is 0 Å². The van der Waals surface area contributed by atoms with Crippen LogP contribution in [0.4, 0.5) is 0 Å². The topological polar surface area (TPSA) is 35.5 Å². The lowest BCUT2D eigenvalue weighted by Crippen LogP contribution is -2.45. The number of hydrogen-bond donors (Lipinski definition) is 2. The molecule has 0 saturated carbocycles. The van der Waals surface area contributed by atoms with Crippen LogP contribution < -0.4 is 5.32 Å². The first-order valence-corrected chi connectivity index (χ1v) is 8.39. The highest BCUT2D eigenvalue weighted by Crippen LogP contribution is 2.20. The fourth-order valence-electron chi connectivity index (χ4n) is 3.01. The Hall–Kier alpha value is -0.610. The second kappa shape index (κ2) is 8.74. The van der Waals surface area contributed by atoms with E-state index in [2.05, 4.69) is 29.3 Å². The van der Waals surface area contributed by atoms with Gasteiger partial charge in [0.15, 0.2) is 0 Å². The van der Waals surface area contributed by atoms with E-state index in [1.54, 1.807) is 0 Å². The Balaban J connectivity index is 1.72. The summed E-state index contributed by atoms with van der Waals surface area (Å²) in [6.45, 7) is 5.70. The van der Waals surface area contributed by atoms with Gasteiger partial charge in [0, 0.05) is 30.3 Å². The van der Waals surface area contributed by atoms with E-state index in [1.807, 2.05) is 12.1 Å². The van der Waals surface area contributed by atoms with Crippen LogP contribution in [0.3, 0.4) is 0 Å². The molecule has 0 aliphatic carbocycles. The van der Waals surface area contributed by atoms with Crippen molar-refractivity contribution in [1.82, 2.24) is 10.2 Å². The molecule has 1 unspecified atom stereocenters. The maximum atomic E-state index is 8.87. The Morgan fingerprint density at radius 2 is 2.05 bits per heavy atom. The molecule has 1 aliphatic rings. The molecule has 0 aromatic heterocycles. The van der Waals surface area contributed by atoms with Gasteiger partial charge in [-0.05, 0) is 57.3 Å². The monoisotopic (exact) mass is 310 g/mol. The third-order valence-corrected chi connectivity index (χ3v) is 4.62. The molecule has 4 heteroatoms. The molecular formula is C17H27ClN2O. The molecule has 1 heterocycles. The minimum absolute atomic E-state index is 0.294. The number of likely N-dealkylation sites (tertiary alicyclic amines) is 1. The van der Waals surface area contributed by atoms with E-state index in [4.69, 9.17) is 16.7 Å². The van der Waals surface area contributed by atoms with Gasteiger partial charge in [0.05, 0.1) is 0 Å². The summed E-state index contributed by atoms with van der Waals surface area (Å²) in [7, 11) is 0. The SMILES string of the molecule is CC(CCCO)NC1CCN(Cc2ccccc2Cl)CC1. The maximum Gasteiger partial charge on any atom is 0.0451 e. The molecule has 1 saturated heterocycles. The standard InChI is InChI=1S/C17H27ClN2O/c1-14(5-4-12-21)19-16-8-10-20(11-9-16)13-15-6-2-3-7-17(15)18/h2-3,6-7,14,16,19,21H,4-5,8-13H2,1H3. The normalized spacial score (nSPS) is 18.8. The highest BCUT2D eigenvalue weighted by atomic mass is 35.5. The van der Waals surface area contributed by atoms with Crippen LogP contribution in [0, 0.1) is 0 Å². The lowest BCUT2D eigenvalue weighted by atomic mass is 10.0. The molecule has 2 N–H and O–H groups in total. The molecule has 0 spiro atoms. The lowest BCUT2D eigenvalue weighted by Gasteiger charge is -2.34. The zero-order valence-corrected chi connectivity index (χ0v) is 13.6. The van der Waals surface area contributed by atoms with Crippen molar-refractivity contribution in [2.75, 3.05) is 19.7 Å². The van der Waals surface area contributed by atoms with Gasteiger partial charge in [0.1, 0.15) is 0 Å². The number of nitrogens with one attached hydrogen (secondary N) is 1. The summed E-state index contributed by atoms with van der Waals surface area (Å²) in [4.78, 5) is 2.48. The van der Waals surface area contributed by atoms with Crippen molar-refractivity contribution >= 4 is 11.6 Å². The predicted octanol–water partition coefficient (Wildman–Crippen LogP) is 3.06. The number of rotatable bonds is 7. The minimum Gasteiger partial charge on any atom is -0.396 e. The number of aliphatic hydroxyl groups excluding tert-OH is 1. The zero-order chi connectivity index (χ0) is 15.1. The third-order valence-electron chi connectivity index (χ3n) is 4.25. The van der Waals surface area contributed by atoms with Crippen LogP contribution in [0.2, 0.25) is 5.02 Å². The van der Waals surface area contributed by atoms with Crippen molar-refractivity contribution < 1.29 is 5.11 Å². The molecule has 21 heavy (non-hydrogen) atoms. The Morgan fingerprint density at radius 3 is 2.71 bits per heavy atom. The van der Waals surface area contributed by atoms with Gasteiger partial charge in [0.25, 0.3) is 0 Å². The number of aliphatic hydroxyl groups is 1. The van der Waals surface area contributed by atoms with Gasteiger partial charge in [-0.15, -0.1) is 0 Å². The lowest BCUT2D eigenvalue weighted by molar-refractivity contribution is 0.182. The average molecular weight is 311 g/mol. The molecule has 3 nitrogen and oxygen atoms in total. The van der Waals surface area contributed by atoms with Crippen LogP contribution in [-0.2, 0) is 6.54 Å². The van der Waals surface area contributed by atoms with Crippen LogP contribution in [0.1, 0.15) is 38.2 Å². The molecule has 0 amide bonds. The highest BCUT2D eigenvalue weighted by molar-refractivity contribution is 6.31. The van der Waals surface area contributed by atoms with Crippen molar-refractivity contribution in [1.29, 1.82) is 0 Å². The summed E-state index contributed by atoms with van der Waals surface area (Å²) in [5, 5.41) is 13.4. The Kier molecular flexibility index (Phi) is 6.97. The van der Waals surface area contributed by atoms with Crippen LogP contribution in [0.25, 0.3) is 0 Å². The fourth-order valence-corrected chi connectivity index (χ4v) is 3.20. The molecule has 1 fully saturated rings. The van der Waals surface area contributed by atoms with Gasteiger partial charge in [-0.3, -0.25) is 4.90 Å². The van der Waals surface area contributed by atoms with Gasteiger partial charge in [-0.2, -0.15) is 0 Å². The van der Waals surface area contributed by atoms with Gasteiger partial charge >= 0.3 is 0 Å². The number of nitrogens with zero attached hydrogens (tertiary/aromatic N) is 1. The first kappa shape index (κ1) is 16.8. The number of piperidine rings is 1. The second-order valence-corrected chi connectivity index (χ2v) is 6.48. The van der Waals surface area contributed by atoms with E-state index in [1.165, 1.54) is 18.4 Å². The molecule has 2 rings (SSSR count). The van der Waals surface area contributed by atoms with E-state index < -0.39 is 0 Å². The molecule has 1 atom stereocenters. The summed E-state index contributed by atoms with van der Waals surface area (Å²) in [5.41, 5.74) is 1.22. The molecule has 1 aromatic rings. The third kappa shape index (κ3) is 5.59. The maximum absolute atomic E-state index is 8.87. The summed E-state index contributed by atoms with van der Waals surface area (Å²) < 4.78 is 0. The van der Waals surface area contributed by atoms with Gasteiger partial charge in [-0.25, -0.2) is 0 Å². The smallest absolute Gasteiger partial charge is 0.0451 e. The molecule has 0 radical (unpaired) electrons. The van der Waals surface area contributed by atoms with Crippen molar-refractivity contribution in [2.45, 2.75) is 51.2 Å². The van der Waals surface area contributed by atoms with Crippen molar-refractivity contribution in [3.8, 4) is 0 Å². The van der Waals surface area contributed by atoms with Gasteiger partial charge in [-0.1, -0.05) is 29.8 Å². The molecule has 0 bridgehead atoms. The zero-order valence-electron chi connectivity index (χ0n) is 12.9. The quantitative estimate of drug-likeness (QED) is 0.812. The van der Waals surface area contributed by atoms with Crippen molar-refractivity contribution in [3.63, 3.8) is 0 Å². The average Bonchev–Trinajstić information content (AvgIpc) is 2.49. The van der Waals surface area contributed by atoms with E-state index in [0.717, 1.165) is 37.5 Å². The van der Waals surface area contributed by atoms with Crippen LogP contribution >= 0.6 is 11.6 Å². The number of hydrogen-bond acceptors (Lipinski definition) is 3. The van der Waals surface area contributed by atoms with Crippen molar-refractivity contribution in [3.05, 3.63) is 34.9 Å². The summed E-state index contributed by atoms with van der Waals surface area (Å²) in [6, 6.07) is 9.23. The molecule has 1 aliphatic heterocycles. The van der Waals surface area contributed by atoms with E-state index in [0.29, 0.717) is 18.7 Å². The van der Waals surface area contributed by atoms with E-state index in [9.17, 15) is 0 Å². The van der Waals surface area contributed by atoms with Gasteiger partial charge < -0.3 is 10.4 Å². The fraction of sp³-hybridized carbons (Fsp3) is 0.647. The number of benzene rings is 1. The molecule has 118 valence electrons. The Labute approximate surface area is 133 Å². The second-order valence-electron chi connectivity index (χ2n) is 6.08. The summed E-state index contributed by atoms with van der Waals surface area (Å²) >= 11 is 6.23. The number of halogens is 1. The molecule has 1 aromatic carbocycles.